The zero-order valence-electron chi connectivity index (χ0n) is 12.2. The van der Waals surface area contributed by atoms with Gasteiger partial charge in [-0.3, -0.25) is 14.6 Å². The number of carbonyl (C=O) groups is 2. The van der Waals surface area contributed by atoms with Crippen LogP contribution >= 0.6 is 0 Å². The van der Waals surface area contributed by atoms with Gasteiger partial charge >= 0.3 is 5.97 Å². The molecule has 0 aliphatic heterocycles. The van der Waals surface area contributed by atoms with Crippen LogP contribution in [0.5, 0.6) is 0 Å². The number of nitrogens with two attached hydrogens (primary N) is 1. The third kappa shape index (κ3) is 3.51. The van der Waals surface area contributed by atoms with Gasteiger partial charge in [-0.25, -0.2) is 0 Å². The van der Waals surface area contributed by atoms with Crippen molar-refractivity contribution in [3.8, 4) is 0 Å². The quantitative estimate of drug-likeness (QED) is 0.778. The van der Waals surface area contributed by atoms with Gasteiger partial charge in [-0.05, 0) is 31.9 Å². The number of hydrogen-bond acceptors (Lipinski definition) is 5. The van der Waals surface area contributed by atoms with Crippen LogP contribution in [0.25, 0.3) is 0 Å². The number of hydrogen-bond donors (Lipinski definition) is 2. The van der Waals surface area contributed by atoms with Crippen molar-refractivity contribution in [3.05, 3.63) is 24.0 Å². The Morgan fingerprint density at radius 3 is 2.76 bits per heavy atom. The van der Waals surface area contributed by atoms with Crippen molar-refractivity contribution in [3.63, 3.8) is 0 Å². The molecule has 0 radical (unpaired) electrons. The molecule has 0 spiro atoms. The van der Waals surface area contributed by atoms with E-state index in [-0.39, 0.29) is 11.7 Å². The van der Waals surface area contributed by atoms with E-state index < -0.39 is 11.3 Å². The number of amides is 1. The minimum atomic E-state index is -0.570. The van der Waals surface area contributed by atoms with Crippen LogP contribution in [0.15, 0.2) is 18.3 Å². The highest BCUT2D eigenvalue weighted by atomic mass is 16.5. The van der Waals surface area contributed by atoms with Gasteiger partial charge in [0, 0.05) is 18.4 Å². The van der Waals surface area contributed by atoms with Crippen molar-refractivity contribution in [2.24, 2.45) is 11.1 Å². The maximum Gasteiger partial charge on any atom is 0.313 e. The fourth-order valence-corrected chi connectivity index (χ4v) is 2.74. The van der Waals surface area contributed by atoms with E-state index >= 15 is 0 Å². The van der Waals surface area contributed by atoms with Gasteiger partial charge in [-0.2, -0.15) is 0 Å². The molecule has 1 heterocycles. The zero-order valence-corrected chi connectivity index (χ0v) is 12.2. The summed E-state index contributed by atoms with van der Waals surface area (Å²) in [7, 11) is 0. The minimum absolute atomic E-state index is 0.140. The Hall–Kier alpha value is -2.11. The second-order valence-corrected chi connectivity index (χ2v) is 5.36. The Labute approximate surface area is 124 Å². The summed E-state index contributed by atoms with van der Waals surface area (Å²) in [5.74, 6) is -0.709. The standard InChI is InChI=1S/C15H21N3O3/c1-2-21-14(20)15(6-3-4-7-15)10-18-11-5-8-17-12(9-11)13(16)19/h5,8-9H,2-4,6-7,10H2,1H3,(H2,16,19)(H,17,18). The average molecular weight is 291 g/mol. The second-order valence-electron chi connectivity index (χ2n) is 5.36. The highest BCUT2D eigenvalue weighted by molar-refractivity contribution is 5.91. The van der Waals surface area contributed by atoms with E-state index in [4.69, 9.17) is 10.5 Å². The lowest BCUT2D eigenvalue weighted by Gasteiger charge is -2.27. The lowest BCUT2D eigenvalue weighted by Crippen LogP contribution is -2.37. The van der Waals surface area contributed by atoms with Crippen molar-refractivity contribution >= 4 is 17.6 Å². The number of anilines is 1. The van der Waals surface area contributed by atoms with Crippen LogP contribution < -0.4 is 11.1 Å². The molecule has 1 aromatic heterocycles. The molecule has 0 bridgehead atoms. The van der Waals surface area contributed by atoms with Gasteiger partial charge < -0.3 is 15.8 Å². The first kappa shape index (κ1) is 15.3. The Balaban J connectivity index is 2.07. The van der Waals surface area contributed by atoms with Crippen molar-refractivity contribution in [1.82, 2.24) is 4.98 Å². The Morgan fingerprint density at radius 2 is 2.14 bits per heavy atom. The zero-order chi connectivity index (χ0) is 15.3. The lowest BCUT2D eigenvalue weighted by molar-refractivity contribution is -0.154. The molecule has 21 heavy (non-hydrogen) atoms. The molecule has 1 fully saturated rings. The molecule has 3 N–H and O–H groups in total. The summed E-state index contributed by atoms with van der Waals surface area (Å²) in [6, 6.07) is 3.34. The normalized spacial score (nSPS) is 16.4. The number of esters is 1. The summed E-state index contributed by atoms with van der Waals surface area (Å²) in [5, 5.41) is 3.21. The van der Waals surface area contributed by atoms with Gasteiger partial charge in [-0.1, -0.05) is 12.8 Å². The number of aromatic nitrogens is 1. The van der Waals surface area contributed by atoms with Gasteiger partial charge in [0.1, 0.15) is 5.69 Å². The topological polar surface area (TPSA) is 94.3 Å². The monoisotopic (exact) mass is 291 g/mol. The van der Waals surface area contributed by atoms with Crippen molar-refractivity contribution in [2.75, 3.05) is 18.5 Å². The highest BCUT2D eigenvalue weighted by Crippen LogP contribution is 2.39. The highest BCUT2D eigenvalue weighted by Gasteiger charge is 2.42. The first-order chi connectivity index (χ1) is 10.1. The van der Waals surface area contributed by atoms with E-state index in [0.29, 0.717) is 13.2 Å². The molecular formula is C15H21N3O3. The smallest absolute Gasteiger partial charge is 0.313 e. The molecule has 1 amide bonds. The summed E-state index contributed by atoms with van der Waals surface area (Å²) in [5.41, 5.74) is 5.68. The van der Waals surface area contributed by atoms with Crippen LogP contribution in [-0.4, -0.2) is 30.0 Å². The lowest BCUT2D eigenvalue weighted by atomic mass is 9.86. The molecule has 6 nitrogen and oxygen atoms in total. The molecule has 0 aromatic carbocycles. The maximum atomic E-state index is 12.2. The van der Waals surface area contributed by atoms with Gasteiger partial charge in [-0.15, -0.1) is 0 Å². The number of nitrogens with one attached hydrogen (secondary N) is 1. The fraction of sp³-hybridized carbons (Fsp3) is 0.533. The average Bonchev–Trinajstić information content (AvgIpc) is 2.96. The van der Waals surface area contributed by atoms with Crippen LogP contribution in [0.4, 0.5) is 5.69 Å². The van der Waals surface area contributed by atoms with Crippen molar-refractivity contribution < 1.29 is 14.3 Å². The number of pyridine rings is 1. The molecule has 1 aliphatic carbocycles. The van der Waals surface area contributed by atoms with Gasteiger partial charge in [0.05, 0.1) is 12.0 Å². The summed E-state index contributed by atoms with van der Waals surface area (Å²) in [4.78, 5) is 27.2. The largest absolute Gasteiger partial charge is 0.466 e. The molecule has 0 unspecified atom stereocenters. The van der Waals surface area contributed by atoms with Crippen LogP contribution in [-0.2, 0) is 9.53 Å². The molecule has 1 saturated carbocycles. The van der Waals surface area contributed by atoms with Gasteiger partial charge in [0.2, 0.25) is 0 Å². The van der Waals surface area contributed by atoms with Crippen LogP contribution in [0, 0.1) is 5.41 Å². The molecule has 1 aromatic rings. The van der Waals surface area contributed by atoms with E-state index in [0.717, 1.165) is 31.4 Å². The summed E-state index contributed by atoms with van der Waals surface area (Å²) < 4.78 is 5.21. The molecule has 114 valence electrons. The molecule has 0 saturated heterocycles. The number of primary amides is 1. The van der Waals surface area contributed by atoms with Crippen LogP contribution in [0.2, 0.25) is 0 Å². The van der Waals surface area contributed by atoms with Crippen molar-refractivity contribution in [1.29, 1.82) is 0 Å². The molecular weight excluding hydrogens is 270 g/mol. The first-order valence-corrected chi connectivity index (χ1v) is 7.24. The molecule has 1 aliphatic rings. The first-order valence-electron chi connectivity index (χ1n) is 7.24. The van der Waals surface area contributed by atoms with Crippen LogP contribution in [0.1, 0.15) is 43.1 Å². The number of carbonyl (C=O) groups excluding carboxylic acids is 2. The van der Waals surface area contributed by atoms with E-state index in [1.165, 1.54) is 6.20 Å². The van der Waals surface area contributed by atoms with E-state index in [1.54, 1.807) is 12.1 Å². The summed E-state index contributed by atoms with van der Waals surface area (Å²) in [6.45, 7) is 2.70. The van der Waals surface area contributed by atoms with E-state index in [1.807, 2.05) is 6.92 Å². The predicted octanol–water partition coefficient (Wildman–Crippen LogP) is 1.72. The second kappa shape index (κ2) is 6.56. The maximum absolute atomic E-state index is 12.2. The third-order valence-electron chi connectivity index (χ3n) is 3.91. The SMILES string of the molecule is CCOC(=O)C1(CNc2ccnc(C(N)=O)c2)CCCC1. The molecule has 2 rings (SSSR count). The summed E-state index contributed by atoms with van der Waals surface area (Å²) >= 11 is 0. The van der Waals surface area contributed by atoms with Gasteiger partial charge in [0.15, 0.2) is 0 Å². The van der Waals surface area contributed by atoms with Crippen LogP contribution in [0.3, 0.4) is 0 Å². The third-order valence-corrected chi connectivity index (χ3v) is 3.91. The molecule has 6 heteroatoms. The predicted molar refractivity (Wildman–Crippen MR) is 78.8 cm³/mol. The Bertz CT molecular complexity index is 525. The molecule has 0 atom stereocenters. The minimum Gasteiger partial charge on any atom is -0.466 e. The Kier molecular flexibility index (Phi) is 4.77. The fourth-order valence-electron chi connectivity index (χ4n) is 2.74. The number of rotatable bonds is 6. The number of ether oxygens (including phenoxy) is 1. The van der Waals surface area contributed by atoms with E-state index in [9.17, 15) is 9.59 Å². The van der Waals surface area contributed by atoms with Crippen molar-refractivity contribution in [2.45, 2.75) is 32.6 Å². The Morgan fingerprint density at radius 1 is 1.43 bits per heavy atom. The van der Waals surface area contributed by atoms with E-state index in [2.05, 4.69) is 10.3 Å². The number of nitrogens with zero attached hydrogens (tertiary/aromatic N) is 1. The summed E-state index contributed by atoms with van der Waals surface area (Å²) in [6.07, 6.45) is 5.24. The van der Waals surface area contributed by atoms with Gasteiger partial charge in [0.25, 0.3) is 5.91 Å².